The molecule has 1 saturated heterocycles. The first kappa shape index (κ1) is 11.9. The Kier molecular flexibility index (Phi) is 2.58. The van der Waals surface area contributed by atoms with Gasteiger partial charge in [0, 0.05) is 18.5 Å². The van der Waals surface area contributed by atoms with Gasteiger partial charge in [0.2, 0.25) is 11.1 Å². The number of hydrogen-bond acceptors (Lipinski definition) is 6. The maximum Gasteiger partial charge on any atom is 0.226 e. The molecule has 2 heterocycles. The Morgan fingerprint density at radius 2 is 2.22 bits per heavy atom. The van der Waals surface area contributed by atoms with Crippen molar-refractivity contribution in [3.63, 3.8) is 0 Å². The lowest BCUT2D eigenvalue weighted by Crippen LogP contribution is -2.25. The van der Waals surface area contributed by atoms with Crippen molar-refractivity contribution in [2.24, 2.45) is 11.3 Å². The van der Waals surface area contributed by atoms with Crippen LogP contribution in [0.15, 0.2) is 0 Å². The van der Waals surface area contributed by atoms with Crippen molar-refractivity contribution in [1.82, 2.24) is 9.97 Å². The molecule has 1 aromatic heterocycles. The summed E-state index contributed by atoms with van der Waals surface area (Å²) in [6.07, 6.45) is 1.49. The van der Waals surface area contributed by atoms with Gasteiger partial charge < -0.3 is 15.4 Å². The lowest BCUT2D eigenvalue weighted by Gasteiger charge is -2.18. The van der Waals surface area contributed by atoms with Crippen LogP contribution in [0.4, 0.5) is 16.0 Å². The van der Waals surface area contributed by atoms with E-state index in [-0.39, 0.29) is 22.3 Å². The van der Waals surface area contributed by atoms with Crippen LogP contribution in [-0.2, 0) is 0 Å². The maximum atomic E-state index is 14.1. The zero-order chi connectivity index (χ0) is 12.9. The Bertz CT molecular complexity index is 495. The number of β-amino-alcohol motifs (C(OH)–C–C–N with tert-alkyl or cyclic N) is 1. The van der Waals surface area contributed by atoms with Gasteiger partial charge in [-0.05, 0) is 24.4 Å². The third kappa shape index (κ3) is 1.70. The topological polar surface area (TPSA) is 87.3 Å². The SMILES string of the molecule is NNc1nc(Cl)nc(N2CC(O)C3(CC3)C2)c1F. The number of rotatable bonds is 2. The van der Waals surface area contributed by atoms with E-state index in [1.807, 2.05) is 0 Å². The second-order valence-electron chi connectivity index (χ2n) is 4.88. The minimum Gasteiger partial charge on any atom is -0.391 e. The fourth-order valence-corrected chi connectivity index (χ4v) is 2.64. The standard InChI is InChI=1S/C10H13ClFN5O/c11-9-14-7(16-13)6(12)8(15-9)17-3-5(18)10(4-17)1-2-10/h5,18H,1-4,13H2,(H,14,15,16). The third-order valence-electron chi connectivity index (χ3n) is 3.74. The fourth-order valence-electron chi connectivity index (χ4n) is 2.48. The molecular weight excluding hydrogens is 261 g/mol. The number of anilines is 2. The lowest BCUT2D eigenvalue weighted by atomic mass is 10.0. The molecule has 8 heteroatoms. The molecule has 1 aliphatic carbocycles. The van der Waals surface area contributed by atoms with Gasteiger partial charge in [0.15, 0.2) is 11.6 Å². The normalized spacial score (nSPS) is 24.7. The zero-order valence-corrected chi connectivity index (χ0v) is 10.3. The summed E-state index contributed by atoms with van der Waals surface area (Å²) in [7, 11) is 0. The molecule has 6 nitrogen and oxygen atoms in total. The van der Waals surface area contributed by atoms with Gasteiger partial charge in [-0.1, -0.05) is 0 Å². The van der Waals surface area contributed by atoms with Crippen molar-refractivity contribution in [2.45, 2.75) is 18.9 Å². The predicted molar refractivity (Wildman–Crippen MR) is 64.7 cm³/mol. The summed E-state index contributed by atoms with van der Waals surface area (Å²) >= 11 is 5.73. The average molecular weight is 274 g/mol. The van der Waals surface area contributed by atoms with E-state index in [0.29, 0.717) is 13.1 Å². The van der Waals surface area contributed by atoms with E-state index < -0.39 is 11.9 Å². The number of aliphatic hydroxyl groups excluding tert-OH is 1. The quantitative estimate of drug-likeness (QED) is 0.414. The first-order valence-electron chi connectivity index (χ1n) is 5.68. The van der Waals surface area contributed by atoms with Gasteiger partial charge >= 0.3 is 0 Å². The Balaban J connectivity index is 1.95. The highest BCUT2D eigenvalue weighted by Gasteiger charge is 2.55. The molecule has 1 aliphatic heterocycles. The van der Waals surface area contributed by atoms with Crippen molar-refractivity contribution in [3.8, 4) is 0 Å². The minimum atomic E-state index is -0.646. The van der Waals surface area contributed by atoms with E-state index in [1.165, 1.54) is 0 Å². The molecule has 2 aliphatic rings. The molecule has 3 rings (SSSR count). The van der Waals surface area contributed by atoms with Gasteiger partial charge in [0.25, 0.3) is 0 Å². The van der Waals surface area contributed by atoms with Crippen LogP contribution in [-0.4, -0.2) is 34.3 Å². The monoisotopic (exact) mass is 273 g/mol. The molecule has 1 saturated carbocycles. The molecule has 98 valence electrons. The summed E-state index contributed by atoms with van der Waals surface area (Å²) in [6.45, 7) is 0.941. The van der Waals surface area contributed by atoms with Crippen LogP contribution >= 0.6 is 11.6 Å². The molecule has 1 aromatic rings. The number of aromatic nitrogens is 2. The predicted octanol–water partition coefficient (Wildman–Crippen LogP) is 0.516. The molecule has 1 unspecified atom stereocenters. The summed E-state index contributed by atoms with van der Waals surface area (Å²) in [5.74, 6) is 4.47. The fraction of sp³-hybridized carbons (Fsp3) is 0.600. The highest BCUT2D eigenvalue weighted by Crippen LogP contribution is 2.53. The Hall–Kier alpha value is -1.18. The van der Waals surface area contributed by atoms with Crippen molar-refractivity contribution in [2.75, 3.05) is 23.4 Å². The molecule has 4 N–H and O–H groups in total. The molecule has 0 bridgehead atoms. The number of halogens is 2. The molecule has 0 amide bonds. The molecule has 1 atom stereocenters. The number of nitrogens with one attached hydrogen (secondary N) is 1. The highest BCUT2D eigenvalue weighted by atomic mass is 35.5. The van der Waals surface area contributed by atoms with Gasteiger partial charge in [-0.15, -0.1) is 0 Å². The smallest absolute Gasteiger partial charge is 0.226 e. The van der Waals surface area contributed by atoms with Crippen molar-refractivity contribution in [3.05, 3.63) is 11.1 Å². The van der Waals surface area contributed by atoms with E-state index in [4.69, 9.17) is 17.4 Å². The molecule has 0 aromatic carbocycles. The second kappa shape index (κ2) is 3.91. The van der Waals surface area contributed by atoms with Crippen molar-refractivity contribution >= 4 is 23.2 Å². The molecule has 0 radical (unpaired) electrons. The lowest BCUT2D eigenvalue weighted by molar-refractivity contribution is 0.136. The molecule has 18 heavy (non-hydrogen) atoms. The van der Waals surface area contributed by atoms with Crippen LogP contribution in [0, 0.1) is 11.2 Å². The summed E-state index contributed by atoms with van der Waals surface area (Å²) in [5, 5.41) is 9.88. The number of hydrazine groups is 1. The van der Waals surface area contributed by atoms with Crippen LogP contribution in [0.3, 0.4) is 0 Å². The Labute approximate surface area is 108 Å². The van der Waals surface area contributed by atoms with Gasteiger partial charge in [-0.3, -0.25) is 0 Å². The van der Waals surface area contributed by atoms with Gasteiger partial charge in [-0.2, -0.15) is 14.4 Å². The Morgan fingerprint density at radius 1 is 1.50 bits per heavy atom. The first-order chi connectivity index (χ1) is 8.55. The van der Waals surface area contributed by atoms with Crippen LogP contribution in [0.25, 0.3) is 0 Å². The van der Waals surface area contributed by atoms with E-state index in [1.54, 1.807) is 4.90 Å². The summed E-state index contributed by atoms with van der Waals surface area (Å²) in [4.78, 5) is 9.23. The third-order valence-corrected chi connectivity index (χ3v) is 3.91. The van der Waals surface area contributed by atoms with E-state index >= 15 is 0 Å². The minimum absolute atomic E-state index is 0.0782. The first-order valence-corrected chi connectivity index (χ1v) is 6.06. The number of nitrogens with zero attached hydrogens (tertiary/aromatic N) is 3. The number of nitrogens with two attached hydrogens (primary N) is 1. The van der Waals surface area contributed by atoms with E-state index in [2.05, 4.69) is 15.4 Å². The van der Waals surface area contributed by atoms with E-state index in [0.717, 1.165) is 12.8 Å². The maximum absolute atomic E-state index is 14.1. The highest BCUT2D eigenvalue weighted by molar-refractivity contribution is 6.28. The van der Waals surface area contributed by atoms with Gasteiger partial charge in [0.1, 0.15) is 0 Å². The molecular formula is C10H13ClFN5O. The summed E-state index contributed by atoms with van der Waals surface area (Å²) in [5.41, 5.74) is 2.06. The average Bonchev–Trinajstić information content (AvgIpc) is 3.04. The number of nitrogen functional groups attached to an aromatic ring is 1. The van der Waals surface area contributed by atoms with Gasteiger partial charge in [0.05, 0.1) is 6.10 Å². The van der Waals surface area contributed by atoms with Crippen LogP contribution in [0.5, 0.6) is 0 Å². The van der Waals surface area contributed by atoms with Crippen molar-refractivity contribution in [1.29, 1.82) is 0 Å². The number of hydrogen-bond donors (Lipinski definition) is 3. The number of aliphatic hydroxyl groups is 1. The Morgan fingerprint density at radius 3 is 2.78 bits per heavy atom. The van der Waals surface area contributed by atoms with Gasteiger partial charge in [-0.25, -0.2) is 5.84 Å². The second-order valence-corrected chi connectivity index (χ2v) is 5.22. The van der Waals surface area contributed by atoms with Crippen LogP contribution < -0.4 is 16.2 Å². The van der Waals surface area contributed by atoms with Crippen molar-refractivity contribution < 1.29 is 9.50 Å². The largest absolute Gasteiger partial charge is 0.391 e. The zero-order valence-electron chi connectivity index (χ0n) is 9.53. The summed E-state index contributed by atoms with van der Waals surface area (Å²) in [6, 6.07) is 0. The van der Waals surface area contributed by atoms with E-state index in [9.17, 15) is 9.50 Å². The molecule has 1 spiro atoms. The summed E-state index contributed by atoms with van der Waals surface area (Å²) < 4.78 is 14.1. The molecule has 2 fully saturated rings. The van der Waals surface area contributed by atoms with Crippen LogP contribution in [0.2, 0.25) is 5.28 Å². The van der Waals surface area contributed by atoms with Crippen LogP contribution in [0.1, 0.15) is 12.8 Å².